The number of benzene rings is 2. The van der Waals surface area contributed by atoms with Crippen molar-refractivity contribution >= 4 is 26.7 Å². The van der Waals surface area contributed by atoms with E-state index >= 15 is 0 Å². The van der Waals surface area contributed by atoms with Crippen molar-refractivity contribution in [2.75, 3.05) is 0 Å². The van der Waals surface area contributed by atoms with E-state index in [0.29, 0.717) is 11.3 Å². The maximum absolute atomic E-state index is 6.68. The first-order valence-electron chi connectivity index (χ1n) is 7.43. The molecule has 0 aliphatic heterocycles. The van der Waals surface area contributed by atoms with Crippen LogP contribution in [0.1, 0.15) is 44.7 Å². The van der Waals surface area contributed by atoms with Crippen molar-refractivity contribution in [3.8, 4) is 0 Å². The van der Waals surface area contributed by atoms with Gasteiger partial charge in [0.2, 0.25) is 0 Å². The van der Waals surface area contributed by atoms with Crippen LogP contribution < -0.4 is 5.73 Å². The van der Waals surface area contributed by atoms with E-state index in [9.17, 15) is 0 Å². The third-order valence-electron chi connectivity index (χ3n) is 5.04. The monoisotopic (exact) mass is 331 g/mol. The van der Waals surface area contributed by atoms with Crippen molar-refractivity contribution < 1.29 is 0 Å². The number of fused-ring (bicyclic) bond motifs is 1. The lowest BCUT2D eigenvalue weighted by Crippen LogP contribution is -2.29. The van der Waals surface area contributed by atoms with Crippen LogP contribution in [0.2, 0.25) is 0 Å². The summed E-state index contributed by atoms with van der Waals surface area (Å²) in [4.78, 5) is 0. The molecular weight excluding hydrogens is 310 g/mol. The Morgan fingerprint density at radius 2 is 1.85 bits per heavy atom. The fourth-order valence-corrected chi connectivity index (χ4v) is 4.29. The molecule has 1 saturated carbocycles. The zero-order valence-electron chi connectivity index (χ0n) is 12.2. The van der Waals surface area contributed by atoms with Gasteiger partial charge in [-0.2, -0.15) is 0 Å². The number of rotatable bonds is 2. The SMILES string of the molecule is CC1(C)CCCC1C(N)c1ccc(Br)c2ccccc12. The Kier molecular flexibility index (Phi) is 3.64. The minimum absolute atomic E-state index is 0.130. The van der Waals surface area contributed by atoms with Crippen molar-refractivity contribution in [2.24, 2.45) is 17.1 Å². The van der Waals surface area contributed by atoms with Gasteiger partial charge < -0.3 is 5.73 Å². The van der Waals surface area contributed by atoms with Crippen molar-refractivity contribution in [3.63, 3.8) is 0 Å². The molecule has 0 saturated heterocycles. The lowest BCUT2D eigenvalue weighted by Gasteiger charge is -2.33. The summed E-state index contributed by atoms with van der Waals surface area (Å²) in [6.45, 7) is 4.73. The second-order valence-electron chi connectivity index (χ2n) is 6.70. The van der Waals surface area contributed by atoms with Crippen molar-refractivity contribution in [3.05, 3.63) is 46.4 Å². The number of hydrogen-bond donors (Lipinski definition) is 1. The molecule has 0 radical (unpaired) electrons. The first-order chi connectivity index (χ1) is 9.50. The molecule has 1 aliphatic carbocycles. The fraction of sp³-hybridized carbons (Fsp3) is 0.444. The predicted molar refractivity (Wildman–Crippen MR) is 89.7 cm³/mol. The van der Waals surface area contributed by atoms with Crippen LogP contribution in [-0.4, -0.2) is 0 Å². The Morgan fingerprint density at radius 1 is 1.15 bits per heavy atom. The third kappa shape index (κ3) is 2.29. The van der Waals surface area contributed by atoms with Crippen LogP contribution >= 0.6 is 15.9 Å². The van der Waals surface area contributed by atoms with Gasteiger partial charge in [0.25, 0.3) is 0 Å². The summed E-state index contributed by atoms with van der Waals surface area (Å²) in [6.07, 6.45) is 3.85. The van der Waals surface area contributed by atoms with Gasteiger partial charge in [-0.3, -0.25) is 0 Å². The third-order valence-corrected chi connectivity index (χ3v) is 5.73. The minimum Gasteiger partial charge on any atom is -0.324 e. The molecule has 2 unspecified atom stereocenters. The van der Waals surface area contributed by atoms with Crippen molar-refractivity contribution in [2.45, 2.75) is 39.2 Å². The summed E-state index contributed by atoms with van der Waals surface area (Å²) in [7, 11) is 0. The van der Waals surface area contributed by atoms with Crippen LogP contribution in [0.3, 0.4) is 0 Å². The summed E-state index contributed by atoms with van der Waals surface area (Å²) >= 11 is 3.65. The second kappa shape index (κ2) is 5.16. The highest BCUT2D eigenvalue weighted by atomic mass is 79.9. The van der Waals surface area contributed by atoms with Gasteiger partial charge in [0, 0.05) is 10.5 Å². The number of halogens is 1. The van der Waals surface area contributed by atoms with Crippen LogP contribution in [0.15, 0.2) is 40.9 Å². The zero-order chi connectivity index (χ0) is 14.3. The first-order valence-corrected chi connectivity index (χ1v) is 8.23. The average molecular weight is 332 g/mol. The summed E-state index contributed by atoms with van der Waals surface area (Å²) < 4.78 is 1.15. The molecule has 0 heterocycles. The Morgan fingerprint density at radius 3 is 2.50 bits per heavy atom. The van der Waals surface area contributed by atoms with Gasteiger partial charge >= 0.3 is 0 Å². The molecule has 2 heteroatoms. The molecule has 1 nitrogen and oxygen atoms in total. The second-order valence-corrected chi connectivity index (χ2v) is 7.55. The molecule has 2 N–H and O–H groups in total. The van der Waals surface area contributed by atoms with E-state index in [-0.39, 0.29) is 6.04 Å². The highest BCUT2D eigenvalue weighted by Gasteiger charge is 2.38. The number of nitrogens with two attached hydrogens (primary N) is 1. The lowest BCUT2D eigenvalue weighted by molar-refractivity contribution is 0.223. The number of hydrogen-bond acceptors (Lipinski definition) is 1. The van der Waals surface area contributed by atoms with Crippen LogP contribution in [0.5, 0.6) is 0 Å². The predicted octanol–water partition coefficient (Wildman–Crippen LogP) is 5.43. The normalized spacial score (nSPS) is 23.1. The highest BCUT2D eigenvalue weighted by Crippen LogP contribution is 2.48. The molecule has 0 amide bonds. The Hall–Kier alpha value is -0.860. The molecule has 3 rings (SSSR count). The van der Waals surface area contributed by atoms with Gasteiger partial charge in [0.15, 0.2) is 0 Å². The Labute approximate surface area is 129 Å². The van der Waals surface area contributed by atoms with E-state index in [2.05, 4.69) is 66.2 Å². The van der Waals surface area contributed by atoms with Crippen LogP contribution in [-0.2, 0) is 0 Å². The van der Waals surface area contributed by atoms with E-state index in [0.717, 1.165) is 4.47 Å². The highest BCUT2D eigenvalue weighted by molar-refractivity contribution is 9.10. The smallest absolute Gasteiger partial charge is 0.0334 e. The molecular formula is C18H22BrN. The average Bonchev–Trinajstić information content (AvgIpc) is 2.78. The van der Waals surface area contributed by atoms with Gasteiger partial charge in [0.1, 0.15) is 0 Å². The topological polar surface area (TPSA) is 26.0 Å². The molecule has 106 valence electrons. The fourth-order valence-electron chi connectivity index (χ4n) is 3.81. The van der Waals surface area contributed by atoms with E-state index in [1.807, 2.05) is 0 Å². The van der Waals surface area contributed by atoms with E-state index < -0.39 is 0 Å². The maximum Gasteiger partial charge on any atom is 0.0334 e. The van der Waals surface area contributed by atoms with Gasteiger partial charge in [-0.05, 0) is 46.6 Å². The maximum atomic E-state index is 6.68. The molecule has 2 atom stereocenters. The quantitative estimate of drug-likeness (QED) is 0.780. The molecule has 1 fully saturated rings. The molecule has 20 heavy (non-hydrogen) atoms. The minimum atomic E-state index is 0.130. The lowest BCUT2D eigenvalue weighted by atomic mass is 9.75. The van der Waals surface area contributed by atoms with Gasteiger partial charge in [-0.15, -0.1) is 0 Å². The summed E-state index contributed by atoms with van der Waals surface area (Å²) in [5, 5.41) is 2.55. The molecule has 0 aromatic heterocycles. The van der Waals surface area contributed by atoms with Crippen LogP contribution in [0.25, 0.3) is 10.8 Å². The van der Waals surface area contributed by atoms with Gasteiger partial charge in [-0.25, -0.2) is 0 Å². The van der Waals surface area contributed by atoms with Crippen molar-refractivity contribution in [1.82, 2.24) is 0 Å². The Balaban J connectivity index is 2.08. The Bertz CT molecular complexity index is 632. The largest absolute Gasteiger partial charge is 0.324 e. The summed E-state index contributed by atoms with van der Waals surface area (Å²) in [5.41, 5.74) is 8.33. The van der Waals surface area contributed by atoms with Gasteiger partial charge in [-0.1, -0.05) is 66.5 Å². The summed E-state index contributed by atoms with van der Waals surface area (Å²) in [6, 6.07) is 13.0. The van der Waals surface area contributed by atoms with Crippen LogP contribution in [0.4, 0.5) is 0 Å². The summed E-state index contributed by atoms with van der Waals surface area (Å²) in [5.74, 6) is 0.576. The standard InChI is InChI=1S/C18H22BrN/c1-18(2)11-5-8-15(18)17(20)14-9-10-16(19)13-7-4-3-6-12(13)14/h3-4,6-7,9-10,15,17H,5,8,11,20H2,1-2H3. The van der Waals surface area contributed by atoms with Crippen LogP contribution in [0, 0.1) is 11.3 Å². The van der Waals surface area contributed by atoms with E-state index in [1.54, 1.807) is 0 Å². The molecule has 0 spiro atoms. The van der Waals surface area contributed by atoms with E-state index in [1.165, 1.54) is 35.6 Å². The van der Waals surface area contributed by atoms with Crippen molar-refractivity contribution in [1.29, 1.82) is 0 Å². The molecule has 0 bridgehead atoms. The van der Waals surface area contributed by atoms with Gasteiger partial charge in [0.05, 0.1) is 0 Å². The zero-order valence-corrected chi connectivity index (χ0v) is 13.8. The molecule has 2 aromatic carbocycles. The first kappa shape index (κ1) is 14.1. The molecule has 2 aromatic rings. The van der Waals surface area contributed by atoms with E-state index in [4.69, 9.17) is 5.73 Å². The molecule has 1 aliphatic rings.